The summed E-state index contributed by atoms with van der Waals surface area (Å²) in [7, 11) is 0. The normalized spacial score (nSPS) is 19.0. The maximum atomic E-state index is 13.1. The van der Waals surface area contributed by atoms with Gasteiger partial charge < -0.3 is 20.4 Å². The molecule has 2 N–H and O–H groups in total. The van der Waals surface area contributed by atoms with Crippen molar-refractivity contribution in [2.45, 2.75) is 12.5 Å². The van der Waals surface area contributed by atoms with Gasteiger partial charge >= 0.3 is 0 Å². The Kier molecular flexibility index (Phi) is 8.07. The topological polar surface area (TPSA) is 85.0 Å². The summed E-state index contributed by atoms with van der Waals surface area (Å²) in [5.74, 6) is -0.729. The van der Waals surface area contributed by atoms with Gasteiger partial charge in [0.05, 0.1) is 13.0 Å². The lowest BCUT2D eigenvalue weighted by molar-refractivity contribution is -0.145. The number of benzene rings is 2. The van der Waals surface area contributed by atoms with E-state index in [9.17, 15) is 14.4 Å². The van der Waals surface area contributed by atoms with Gasteiger partial charge in [-0.3, -0.25) is 19.3 Å². The highest BCUT2D eigenvalue weighted by molar-refractivity contribution is 9.10. The van der Waals surface area contributed by atoms with Crippen molar-refractivity contribution in [3.05, 3.63) is 58.0 Å². The maximum absolute atomic E-state index is 13.1. The van der Waals surface area contributed by atoms with Crippen molar-refractivity contribution in [2.24, 2.45) is 0 Å². The summed E-state index contributed by atoms with van der Waals surface area (Å²) in [5, 5.41) is 6.28. The van der Waals surface area contributed by atoms with E-state index in [-0.39, 0.29) is 30.7 Å². The fourth-order valence-electron chi connectivity index (χ4n) is 4.24. The van der Waals surface area contributed by atoms with Crippen LogP contribution in [-0.2, 0) is 14.4 Å². The van der Waals surface area contributed by atoms with Crippen molar-refractivity contribution in [1.82, 2.24) is 15.1 Å². The molecule has 34 heavy (non-hydrogen) atoms. The number of piperazine rings is 2. The molecule has 2 aromatic rings. The van der Waals surface area contributed by atoms with Gasteiger partial charge in [0.15, 0.2) is 0 Å². The average molecular weight is 549 g/mol. The molecule has 2 heterocycles. The molecule has 10 heteroatoms. The molecule has 2 aromatic carbocycles. The lowest BCUT2D eigenvalue weighted by Crippen LogP contribution is -2.60. The number of rotatable bonds is 6. The second-order valence-electron chi connectivity index (χ2n) is 8.39. The first-order valence-electron chi connectivity index (χ1n) is 11.2. The van der Waals surface area contributed by atoms with E-state index in [1.54, 1.807) is 17.0 Å². The Hall–Kier alpha value is -2.62. The highest BCUT2D eigenvalue weighted by atomic mass is 79.9. The van der Waals surface area contributed by atoms with E-state index in [1.807, 2.05) is 36.4 Å². The van der Waals surface area contributed by atoms with Crippen LogP contribution < -0.4 is 15.5 Å². The molecule has 0 spiro atoms. The van der Waals surface area contributed by atoms with Crippen LogP contribution in [0.5, 0.6) is 0 Å². The molecule has 0 unspecified atom stereocenters. The minimum atomic E-state index is -0.813. The van der Waals surface area contributed by atoms with E-state index in [1.165, 1.54) is 0 Å². The summed E-state index contributed by atoms with van der Waals surface area (Å²) < 4.78 is 0.905. The molecule has 0 radical (unpaired) electrons. The molecule has 2 fully saturated rings. The third-order valence-electron chi connectivity index (χ3n) is 6.08. The Bertz CT molecular complexity index is 1030. The van der Waals surface area contributed by atoms with Gasteiger partial charge in [-0.1, -0.05) is 27.5 Å². The minimum Gasteiger partial charge on any atom is -0.369 e. The van der Waals surface area contributed by atoms with E-state index >= 15 is 0 Å². The zero-order valence-corrected chi connectivity index (χ0v) is 21.0. The molecule has 2 saturated heterocycles. The van der Waals surface area contributed by atoms with Crippen molar-refractivity contribution in [2.75, 3.05) is 56.0 Å². The van der Waals surface area contributed by atoms with Gasteiger partial charge in [-0.2, -0.15) is 0 Å². The monoisotopic (exact) mass is 547 g/mol. The Balaban J connectivity index is 1.31. The molecule has 0 aromatic heterocycles. The van der Waals surface area contributed by atoms with Gasteiger partial charge in [0.2, 0.25) is 17.7 Å². The van der Waals surface area contributed by atoms with E-state index in [0.29, 0.717) is 23.8 Å². The third-order valence-corrected chi connectivity index (χ3v) is 6.86. The standard InChI is InChI=1S/C24H27BrClN5O3/c25-17-1-5-19(6-2-17)28-22(32)15-21-24(34)27-9-10-31(21)23(33)16-29-11-13-30(14-12-29)20-7-3-18(26)4-8-20/h1-8,21H,9-16H2,(H,27,34)(H,28,32)/t21-/m1/s1. The van der Waals surface area contributed by atoms with Crippen molar-refractivity contribution in [1.29, 1.82) is 0 Å². The van der Waals surface area contributed by atoms with Gasteiger partial charge in [-0.15, -0.1) is 0 Å². The van der Waals surface area contributed by atoms with Crippen LogP contribution in [0.15, 0.2) is 53.0 Å². The van der Waals surface area contributed by atoms with E-state index < -0.39 is 6.04 Å². The first-order valence-corrected chi connectivity index (χ1v) is 12.4. The van der Waals surface area contributed by atoms with Crippen LogP contribution >= 0.6 is 27.5 Å². The molecule has 3 amide bonds. The SMILES string of the molecule is O=C(C[C@@H]1C(=O)NCCN1C(=O)CN1CCN(c2ccc(Cl)cc2)CC1)Nc1ccc(Br)cc1. The van der Waals surface area contributed by atoms with Crippen LogP contribution in [0.1, 0.15) is 6.42 Å². The summed E-state index contributed by atoms with van der Waals surface area (Å²) in [6.45, 7) is 4.09. The number of hydrogen-bond donors (Lipinski definition) is 2. The molecule has 0 saturated carbocycles. The van der Waals surface area contributed by atoms with Crippen molar-refractivity contribution in [3.8, 4) is 0 Å². The predicted octanol–water partition coefficient (Wildman–Crippen LogP) is 2.58. The lowest BCUT2D eigenvalue weighted by Gasteiger charge is -2.39. The van der Waals surface area contributed by atoms with Crippen LogP contribution in [-0.4, -0.2) is 79.4 Å². The molecule has 2 aliphatic rings. The first kappa shape index (κ1) is 24.5. The third kappa shape index (κ3) is 6.28. The summed E-state index contributed by atoms with van der Waals surface area (Å²) in [4.78, 5) is 44.2. The Morgan fingerprint density at radius 1 is 1.00 bits per heavy atom. The van der Waals surface area contributed by atoms with Crippen LogP contribution in [0.4, 0.5) is 11.4 Å². The fourth-order valence-corrected chi connectivity index (χ4v) is 4.63. The van der Waals surface area contributed by atoms with E-state index in [4.69, 9.17) is 11.6 Å². The Morgan fingerprint density at radius 2 is 1.68 bits per heavy atom. The molecule has 180 valence electrons. The first-order chi connectivity index (χ1) is 16.4. The lowest BCUT2D eigenvalue weighted by atomic mass is 10.1. The number of anilines is 2. The van der Waals surface area contributed by atoms with Gasteiger partial charge in [0.1, 0.15) is 6.04 Å². The molecule has 0 aliphatic carbocycles. The summed E-state index contributed by atoms with van der Waals surface area (Å²) in [6.07, 6.45) is -0.0853. The number of amides is 3. The van der Waals surface area contributed by atoms with Crippen LogP contribution in [0.2, 0.25) is 5.02 Å². The molecule has 2 aliphatic heterocycles. The number of carbonyl (C=O) groups excluding carboxylic acids is 3. The Morgan fingerprint density at radius 3 is 2.35 bits per heavy atom. The molecular formula is C24H27BrClN5O3. The highest BCUT2D eigenvalue weighted by Crippen LogP contribution is 2.20. The van der Waals surface area contributed by atoms with Gasteiger partial charge in [-0.05, 0) is 48.5 Å². The van der Waals surface area contributed by atoms with Crippen LogP contribution in [0.3, 0.4) is 0 Å². The number of carbonyl (C=O) groups is 3. The van der Waals surface area contributed by atoms with Gasteiger partial charge in [0, 0.05) is 60.1 Å². The smallest absolute Gasteiger partial charge is 0.243 e. The average Bonchev–Trinajstić information content (AvgIpc) is 2.83. The number of halogens is 2. The van der Waals surface area contributed by atoms with Crippen molar-refractivity contribution < 1.29 is 14.4 Å². The fraction of sp³-hybridized carbons (Fsp3) is 0.375. The van der Waals surface area contributed by atoms with Crippen LogP contribution in [0, 0.1) is 0 Å². The highest BCUT2D eigenvalue weighted by Gasteiger charge is 2.35. The second kappa shape index (κ2) is 11.2. The number of hydrogen-bond acceptors (Lipinski definition) is 5. The Labute approximate surface area is 212 Å². The molecule has 0 bridgehead atoms. The van der Waals surface area contributed by atoms with Crippen molar-refractivity contribution in [3.63, 3.8) is 0 Å². The summed E-state index contributed by atoms with van der Waals surface area (Å²) >= 11 is 9.34. The number of nitrogens with zero attached hydrogens (tertiary/aromatic N) is 3. The number of nitrogens with one attached hydrogen (secondary N) is 2. The predicted molar refractivity (Wildman–Crippen MR) is 136 cm³/mol. The van der Waals surface area contributed by atoms with Gasteiger partial charge in [-0.25, -0.2) is 0 Å². The zero-order chi connectivity index (χ0) is 24.1. The van der Waals surface area contributed by atoms with E-state index in [2.05, 4.69) is 36.4 Å². The minimum absolute atomic E-state index is 0.0853. The zero-order valence-electron chi connectivity index (χ0n) is 18.7. The quantitative estimate of drug-likeness (QED) is 0.580. The molecule has 8 nitrogen and oxygen atoms in total. The largest absolute Gasteiger partial charge is 0.369 e. The summed E-state index contributed by atoms with van der Waals surface area (Å²) in [6, 6.07) is 14.1. The van der Waals surface area contributed by atoms with Crippen molar-refractivity contribution >= 4 is 56.6 Å². The second-order valence-corrected chi connectivity index (χ2v) is 9.74. The van der Waals surface area contributed by atoms with Gasteiger partial charge in [0.25, 0.3) is 0 Å². The molecule has 1 atom stereocenters. The maximum Gasteiger partial charge on any atom is 0.243 e. The van der Waals surface area contributed by atoms with E-state index in [0.717, 1.165) is 36.3 Å². The molecule has 4 rings (SSSR count). The van der Waals surface area contributed by atoms with Crippen LogP contribution in [0.25, 0.3) is 0 Å². The summed E-state index contributed by atoms with van der Waals surface area (Å²) in [5.41, 5.74) is 1.75. The molecular weight excluding hydrogens is 522 g/mol.